The van der Waals surface area contributed by atoms with Crippen LogP contribution >= 0.6 is 11.3 Å². The molecule has 2 heterocycles. The van der Waals surface area contributed by atoms with Crippen molar-refractivity contribution in [1.29, 1.82) is 0 Å². The maximum absolute atomic E-state index is 11.9. The molecule has 0 saturated heterocycles. The third-order valence-corrected chi connectivity index (χ3v) is 4.64. The lowest BCUT2D eigenvalue weighted by atomic mass is 9.82. The first-order chi connectivity index (χ1) is 8.36. The van der Waals surface area contributed by atoms with Crippen LogP contribution < -0.4 is 0 Å². The number of thiophene rings is 1. The highest BCUT2D eigenvalue weighted by Gasteiger charge is 2.32. The van der Waals surface area contributed by atoms with Crippen LogP contribution in [0.15, 0.2) is 23.1 Å². The van der Waals surface area contributed by atoms with Crippen LogP contribution in [-0.2, 0) is 9.53 Å². The highest BCUT2D eigenvalue weighted by Crippen LogP contribution is 2.38. The zero-order chi connectivity index (χ0) is 11.7. The molecule has 1 aromatic heterocycles. The van der Waals surface area contributed by atoms with Gasteiger partial charge in [0.15, 0.2) is 0 Å². The maximum Gasteiger partial charge on any atom is 0.339 e. The smallest absolute Gasteiger partial charge is 0.339 e. The molecule has 3 rings (SSSR count). The standard InChI is InChI=1S/C14H16O2S/c15-14-13(12-7-4-8-17-12)11(9-16-14)10-5-2-1-3-6-10/h4,7-8,10H,1-3,5-6,9H2. The van der Waals surface area contributed by atoms with E-state index in [4.69, 9.17) is 4.74 Å². The largest absolute Gasteiger partial charge is 0.457 e. The normalized spacial score (nSPS) is 22.0. The van der Waals surface area contributed by atoms with E-state index in [0.29, 0.717) is 12.5 Å². The first-order valence-corrected chi connectivity index (χ1v) is 7.18. The van der Waals surface area contributed by atoms with Crippen molar-refractivity contribution in [3.63, 3.8) is 0 Å². The minimum absolute atomic E-state index is 0.118. The van der Waals surface area contributed by atoms with Gasteiger partial charge >= 0.3 is 5.97 Å². The summed E-state index contributed by atoms with van der Waals surface area (Å²) in [7, 11) is 0. The van der Waals surface area contributed by atoms with Gasteiger partial charge in [-0.15, -0.1) is 11.3 Å². The Balaban J connectivity index is 1.96. The van der Waals surface area contributed by atoms with E-state index in [1.807, 2.05) is 17.5 Å². The monoisotopic (exact) mass is 248 g/mol. The molecule has 1 aromatic rings. The predicted octanol–water partition coefficient (Wildman–Crippen LogP) is 3.64. The van der Waals surface area contributed by atoms with Crippen molar-refractivity contribution < 1.29 is 9.53 Å². The van der Waals surface area contributed by atoms with Crippen LogP contribution in [0.25, 0.3) is 5.57 Å². The molecule has 0 unspecified atom stereocenters. The topological polar surface area (TPSA) is 26.3 Å². The number of hydrogen-bond acceptors (Lipinski definition) is 3. The number of rotatable bonds is 2. The molecule has 0 bridgehead atoms. The van der Waals surface area contributed by atoms with E-state index < -0.39 is 0 Å². The molecule has 1 fully saturated rings. The maximum atomic E-state index is 11.9. The SMILES string of the molecule is O=C1OCC(C2CCCCC2)=C1c1cccs1. The molecule has 1 saturated carbocycles. The average molecular weight is 248 g/mol. The summed E-state index contributed by atoms with van der Waals surface area (Å²) in [4.78, 5) is 12.9. The molecule has 90 valence electrons. The molecule has 0 aromatic carbocycles. The Hall–Kier alpha value is -1.09. The van der Waals surface area contributed by atoms with Gasteiger partial charge in [-0.1, -0.05) is 25.3 Å². The Morgan fingerprint density at radius 1 is 1.24 bits per heavy atom. The number of ether oxygens (including phenoxy) is 1. The molecule has 17 heavy (non-hydrogen) atoms. The molecule has 3 heteroatoms. The summed E-state index contributed by atoms with van der Waals surface area (Å²) in [5.74, 6) is 0.459. The van der Waals surface area contributed by atoms with Gasteiger partial charge in [-0.05, 0) is 35.8 Å². The van der Waals surface area contributed by atoms with E-state index in [0.717, 1.165) is 10.5 Å². The molecular formula is C14H16O2S. The molecule has 0 amide bonds. The van der Waals surface area contributed by atoms with Gasteiger partial charge in [-0.25, -0.2) is 4.79 Å². The Kier molecular flexibility index (Phi) is 3.02. The van der Waals surface area contributed by atoms with Crippen molar-refractivity contribution in [2.75, 3.05) is 6.61 Å². The van der Waals surface area contributed by atoms with E-state index in [-0.39, 0.29) is 5.97 Å². The van der Waals surface area contributed by atoms with Crippen molar-refractivity contribution in [2.24, 2.45) is 5.92 Å². The predicted molar refractivity (Wildman–Crippen MR) is 68.8 cm³/mol. The van der Waals surface area contributed by atoms with Crippen LogP contribution in [0.3, 0.4) is 0 Å². The quantitative estimate of drug-likeness (QED) is 0.747. The van der Waals surface area contributed by atoms with Crippen LogP contribution in [0.5, 0.6) is 0 Å². The molecule has 0 N–H and O–H groups in total. The molecule has 0 radical (unpaired) electrons. The second kappa shape index (κ2) is 4.65. The zero-order valence-electron chi connectivity index (χ0n) is 9.78. The van der Waals surface area contributed by atoms with E-state index in [1.165, 1.54) is 37.7 Å². The molecular weight excluding hydrogens is 232 g/mol. The van der Waals surface area contributed by atoms with E-state index in [2.05, 4.69) is 0 Å². The fourth-order valence-corrected chi connectivity index (χ4v) is 3.66. The summed E-state index contributed by atoms with van der Waals surface area (Å²) < 4.78 is 5.25. The van der Waals surface area contributed by atoms with Crippen LogP contribution in [0.4, 0.5) is 0 Å². The Bertz CT molecular complexity index is 439. The summed E-state index contributed by atoms with van der Waals surface area (Å²) >= 11 is 1.63. The van der Waals surface area contributed by atoms with Gasteiger partial charge in [-0.3, -0.25) is 0 Å². The third-order valence-electron chi connectivity index (χ3n) is 3.75. The van der Waals surface area contributed by atoms with Crippen molar-refractivity contribution >= 4 is 22.9 Å². The van der Waals surface area contributed by atoms with Gasteiger partial charge in [-0.2, -0.15) is 0 Å². The number of hydrogen-bond donors (Lipinski definition) is 0. The number of carbonyl (C=O) groups is 1. The number of cyclic esters (lactones) is 1. The Labute approximate surface area is 105 Å². The fourth-order valence-electron chi connectivity index (χ4n) is 2.87. The summed E-state index contributed by atoms with van der Waals surface area (Å²) in [5.41, 5.74) is 2.13. The molecule has 1 aliphatic carbocycles. The highest BCUT2D eigenvalue weighted by atomic mass is 32.1. The lowest BCUT2D eigenvalue weighted by Crippen LogP contribution is -2.11. The average Bonchev–Trinajstić information content (AvgIpc) is 2.99. The molecule has 2 aliphatic rings. The Morgan fingerprint density at radius 2 is 2.06 bits per heavy atom. The molecule has 1 aliphatic heterocycles. The van der Waals surface area contributed by atoms with Crippen LogP contribution in [-0.4, -0.2) is 12.6 Å². The van der Waals surface area contributed by atoms with E-state index in [1.54, 1.807) is 11.3 Å². The minimum Gasteiger partial charge on any atom is -0.457 e. The van der Waals surface area contributed by atoms with Gasteiger partial charge in [0.05, 0.1) is 5.57 Å². The first-order valence-electron chi connectivity index (χ1n) is 6.30. The second-order valence-electron chi connectivity index (χ2n) is 4.79. The van der Waals surface area contributed by atoms with Crippen molar-refractivity contribution in [3.8, 4) is 0 Å². The summed E-state index contributed by atoms with van der Waals surface area (Å²) in [6.45, 7) is 0.525. The summed E-state index contributed by atoms with van der Waals surface area (Å²) in [6, 6.07) is 4.02. The molecule has 0 atom stereocenters. The molecule has 0 spiro atoms. The lowest BCUT2D eigenvalue weighted by Gasteiger charge is -2.22. The van der Waals surface area contributed by atoms with Crippen LogP contribution in [0, 0.1) is 5.92 Å². The van der Waals surface area contributed by atoms with Crippen LogP contribution in [0.2, 0.25) is 0 Å². The summed E-state index contributed by atoms with van der Waals surface area (Å²) in [5, 5.41) is 2.02. The van der Waals surface area contributed by atoms with Gasteiger partial charge in [0.1, 0.15) is 6.61 Å². The lowest BCUT2D eigenvalue weighted by molar-refractivity contribution is -0.134. The highest BCUT2D eigenvalue weighted by molar-refractivity contribution is 7.11. The Morgan fingerprint density at radius 3 is 2.76 bits per heavy atom. The number of esters is 1. The molecule has 2 nitrogen and oxygen atoms in total. The van der Waals surface area contributed by atoms with Gasteiger partial charge in [0.25, 0.3) is 0 Å². The van der Waals surface area contributed by atoms with Crippen LogP contribution in [0.1, 0.15) is 37.0 Å². The number of carbonyl (C=O) groups excluding carboxylic acids is 1. The third kappa shape index (κ3) is 2.04. The van der Waals surface area contributed by atoms with Crippen molar-refractivity contribution in [2.45, 2.75) is 32.1 Å². The van der Waals surface area contributed by atoms with Gasteiger partial charge in [0, 0.05) is 4.88 Å². The fraction of sp³-hybridized carbons (Fsp3) is 0.500. The zero-order valence-corrected chi connectivity index (χ0v) is 10.6. The van der Waals surface area contributed by atoms with E-state index >= 15 is 0 Å². The second-order valence-corrected chi connectivity index (χ2v) is 5.74. The van der Waals surface area contributed by atoms with Crippen molar-refractivity contribution in [1.82, 2.24) is 0 Å². The summed E-state index contributed by atoms with van der Waals surface area (Å²) in [6.07, 6.45) is 6.37. The first kappa shape index (κ1) is 11.0. The van der Waals surface area contributed by atoms with E-state index in [9.17, 15) is 4.79 Å². The van der Waals surface area contributed by atoms with Gasteiger partial charge in [0.2, 0.25) is 0 Å². The van der Waals surface area contributed by atoms with Crippen molar-refractivity contribution in [3.05, 3.63) is 28.0 Å². The minimum atomic E-state index is -0.118. The van der Waals surface area contributed by atoms with Gasteiger partial charge < -0.3 is 4.74 Å².